The minimum absolute atomic E-state index is 0.0297. The molecule has 1 amide bonds. The molecular formula is C21H23N5O4S. The van der Waals surface area contributed by atoms with Crippen LogP contribution in [0.4, 0.5) is 11.4 Å². The molecule has 0 spiro atoms. The molecule has 0 saturated heterocycles. The van der Waals surface area contributed by atoms with E-state index in [1.54, 1.807) is 0 Å². The van der Waals surface area contributed by atoms with Gasteiger partial charge in [0.15, 0.2) is 17.1 Å². The number of aromatic nitrogens is 3. The number of hydrogen-bond donors (Lipinski definition) is 1. The van der Waals surface area contributed by atoms with E-state index in [-0.39, 0.29) is 23.5 Å². The average molecular weight is 442 g/mol. The third kappa shape index (κ3) is 5.82. The van der Waals surface area contributed by atoms with Crippen molar-refractivity contribution in [2.45, 2.75) is 38.6 Å². The number of aryl methyl sites for hydroxylation is 1. The van der Waals surface area contributed by atoms with Gasteiger partial charge in [0.05, 0.1) is 10.7 Å². The van der Waals surface area contributed by atoms with Gasteiger partial charge in [0.1, 0.15) is 5.75 Å². The number of non-ortho nitro benzene ring substituents is 1. The molecule has 0 bridgehead atoms. The number of nitrogens with one attached hydrogen (secondary N) is 1. The molecule has 9 nitrogen and oxygen atoms in total. The molecule has 3 aromatic rings. The minimum Gasteiger partial charge on any atom is -0.483 e. The predicted octanol–water partition coefficient (Wildman–Crippen LogP) is 4.39. The SMILES string of the molecule is CCn1c(SCC(=O)Nc2ccc([N+](=O)[O-])cc2)nnc1C(C)Oc1ccc(C)cc1. The van der Waals surface area contributed by atoms with Crippen molar-refractivity contribution in [3.63, 3.8) is 0 Å². The van der Waals surface area contributed by atoms with Gasteiger partial charge in [-0.3, -0.25) is 14.9 Å². The Kier molecular flexibility index (Phi) is 7.24. The molecule has 1 heterocycles. The number of carbonyl (C=O) groups is 1. The molecule has 0 aliphatic heterocycles. The van der Waals surface area contributed by atoms with Crippen LogP contribution in [0.3, 0.4) is 0 Å². The standard InChI is InChI=1S/C21H23N5O4S/c1-4-25-20(15(3)30-18-11-5-14(2)6-12-18)23-24-21(25)31-13-19(27)22-16-7-9-17(10-8-16)26(28)29/h5-12,15H,4,13H2,1-3H3,(H,22,27). The lowest BCUT2D eigenvalue weighted by atomic mass is 10.2. The molecule has 1 unspecified atom stereocenters. The maximum Gasteiger partial charge on any atom is 0.269 e. The van der Waals surface area contributed by atoms with Gasteiger partial charge in [0.25, 0.3) is 5.69 Å². The first-order chi connectivity index (χ1) is 14.9. The summed E-state index contributed by atoms with van der Waals surface area (Å²) in [6.45, 7) is 6.54. The molecule has 162 valence electrons. The zero-order chi connectivity index (χ0) is 22.4. The van der Waals surface area contributed by atoms with Gasteiger partial charge in [0.2, 0.25) is 5.91 Å². The summed E-state index contributed by atoms with van der Waals surface area (Å²) in [6, 6.07) is 13.5. The topological polar surface area (TPSA) is 112 Å². The molecule has 1 aromatic heterocycles. The van der Waals surface area contributed by atoms with Crippen molar-refractivity contribution in [2.75, 3.05) is 11.1 Å². The normalized spacial score (nSPS) is 11.7. The maximum absolute atomic E-state index is 12.3. The number of nitro benzene ring substituents is 1. The quantitative estimate of drug-likeness (QED) is 0.298. The van der Waals surface area contributed by atoms with Crippen molar-refractivity contribution in [1.82, 2.24) is 14.8 Å². The molecule has 31 heavy (non-hydrogen) atoms. The van der Waals surface area contributed by atoms with E-state index >= 15 is 0 Å². The third-order valence-electron chi connectivity index (χ3n) is 4.45. The summed E-state index contributed by atoms with van der Waals surface area (Å²) in [7, 11) is 0. The number of nitro groups is 1. The molecule has 0 aliphatic rings. The van der Waals surface area contributed by atoms with Crippen LogP contribution < -0.4 is 10.1 Å². The van der Waals surface area contributed by atoms with Gasteiger partial charge in [-0.15, -0.1) is 10.2 Å². The van der Waals surface area contributed by atoms with E-state index in [1.165, 1.54) is 36.0 Å². The Morgan fingerprint density at radius 3 is 2.48 bits per heavy atom. The van der Waals surface area contributed by atoms with Crippen molar-refractivity contribution >= 4 is 29.0 Å². The molecule has 0 aliphatic carbocycles. The minimum atomic E-state index is -0.486. The fourth-order valence-corrected chi connectivity index (χ4v) is 3.68. The van der Waals surface area contributed by atoms with Crippen molar-refractivity contribution in [1.29, 1.82) is 0 Å². The highest BCUT2D eigenvalue weighted by Gasteiger charge is 2.19. The van der Waals surface area contributed by atoms with E-state index in [0.717, 1.165) is 11.3 Å². The van der Waals surface area contributed by atoms with Crippen LogP contribution in [0.25, 0.3) is 0 Å². The molecule has 3 rings (SSSR count). The number of hydrogen-bond acceptors (Lipinski definition) is 7. The van der Waals surface area contributed by atoms with E-state index in [1.807, 2.05) is 49.6 Å². The fourth-order valence-electron chi connectivity index (χ4n) is 2.87. The summed E-state index contributed by atoms with van der Waals surface area (Å²) in [6.07, 6.45) is -0.307. The van der Waals surface area contributed by atoms with Crippen molar-refractivity contribution in [3.8, 4) is 5.75 Å². The monoisotopic (exact) mass is 441 g/mol. The lowest BCUT2D eigenvalue weighted by Gasteiger charge is -2.15. The van der Waals surface area contributed by atoms with Gasteiger partial charge >= 0.3 is 0 Å². The van der Waals surface area contributed by atoms with Gasteiger partial charge in [-0.2, -0.15) is 0 Å². The largest absolute Gasteiger partial charge is 0.483 e. The zero-order valence-electron chi connectivity index (χ0n) is 17.4. The smallest absolute Gasteiger partial charge is 0.269 e. The Balaban J connectivity index is 1.60. The van der Waals surface area contributed by atoms with Gasteiger partial charge < -0.3 is 14.6 Å². The zero-order valence-corrected chi connectivity index (χ0v) is 18.3. The third-order valence-corrected chi connectivity index (χ3v) is 5.42. The number of benzene rings is 2. The number of nitrogens with zero attached hydrogens (tertiary/aromatic N) is 4. The molecule has 1 atom stereocenters. The molecule has 0 fully saturated rings. The number of rotatable bonds is 9. The van der Waals surface area contributed by atoms with Crippen LogP contribution >= 0.6 is 11.8 Å². The van der Waals surface area contributed by atoms with Gasteiger partial charge in [0, 0.05) is 24.4 Å². The van der Waals surface area contributed by atoms with Crippen LogP contribution in [-0.4, -0.2) is 31.3 Å². The summed E-state index contributed by atoms with van der Waals surface area (Å²) in [5.74, 6) is 1.32. The second-order valence-corrected chi connectivity index (χ2v) is 7.74. The first kappa shape index (κ1) is 22.3. The van der Waals surface area contributed by atoms with Crippen LogP contribution in [-0.2, 0) is 11.3 Å². The summed E-state index contributed by atoms with van der Waals surface area (Å²) in [4.78, 5) is 22.5. The van der Waals surface area contributed by atoms with E-state index in [9.17, 15) is 14.9 Å². The molecule has 0 saturated carbocycles. The number of amides is 1. The Morgan fingerprint density at radius 1 is 1.19 bits per heavy atom. The first-order valence-electron chi connectivity index (χ1n) is 9.71. The van der Waals surface area contributed by atoms with E-state index in [0.29, 0.717) is 23.2 Å². The van der Waals surface area contributed by atoms with E-state index < -0.39 is 4.92 Å². The number of thioether (sulfide) groups is 1. The second-order valence-electron chi connectivity index (χ2n) is 6.80. The highest BCUT2D eigenvalue weighted by atomic mass is 32.2. The fraction of sp³-hybridized carbons (Fsp3) is 0.286. The Morgan fingerprint density at radius 2 is 1.87 bits per heavy atom. The van der Waals surface area contributed by atoms with Crippen molar-refractivity contribution in [3.05, 3.63) is 70.0 Å². The average Bonchev–Trinajstić information content (AvgIpc) is 3.17. The number of anilines is 1. The van der Waals surface area contributed by atoms with Crippen LogP contribution in [0.15, 0.2) is 53.7 Å². The lowest BCUT2D eigenvalue weighted by Crippen LogP contribution is -2.15. The number of carbonyl (C=O) groups excluding carboxylic acids is 1. The Labute approximate surface area is 184 Å². The summed E-state index contributed by atoms with van der Waals surface area (Å²) in [5.41, 5.74) is 1.62. The van der Waals surface area contributed by atoms with Crippen LogP contribution in [0.1, 0.15) is 31.3 Å². The Hall–Kier alpha value is -3.40. The van der Waals surface area contributed by atoms with Gasteiger partial charge in [-0.1, -0.05) is 29.5 Å². The first-order valence-corrected chi connectivity index (χ1v) is 10.7. The molecule has 0 radical (unpaired) electrons. The number of ether oxygens (including phenoxy) is 1. The summed E-state index contributed by atoms with van der Waals surface area (Å²) < 4.78 is 7.90. The predicted molar refractivity (Wildman–Crippen MR) is 118 cm³/mol. The molecule has 1 N–H and O–H groups in total. The highest BCUT2D eigenvalue weighted by Crippen LogP contribution is 2.25. The maximum atomic E-state index is 12.3. The summed E-state index contributed by atoms with van der Waals surface area (Å²) >= 11 is 1.27. The van der Waals surface area contributed by atoms with Crippen molar-refractivity contribution in [2.24, 2.45) is 0 Å². The van der Waals surface area contributed by atoms with Gasteiger partial charge in [-0.05, 0) is 45.0 Å². The van der Waals surface area contributed by atoms with Crippen LogP contribution in [0, 0.1) is 17.0 Å². The molecule has 10 heteroatoms. The highest BCUT2D eigenvalue weighted by molar-refractivity contribution is 7.99. The summed E-state index contributed by atoms with van der Waals surface area (Å²) in [5, 5.41) is 22.5. The molecular weight excluding hydrogens is 418 g/mol. The lowest BCUT2D eigenvalue weighted by molar-refractivity contribution is -0.384. The van der Waals surface area contributed by atoms with Crippen LogP contribution in [0.5, 0.6) is 5.75 Å². The van der Waals surface area contributed by atoms with Crippen LogP contribution in [0.2, 0.25) is 0 Å². The van der Waals surface area contributed by atoms with Crippen molar-refractivity contribution < 1.29 is 14.5 Å². The second kappa shape index (κ2) is 10.1. The Bertz CT molecular complexity index is 1050. The van der Waals surface area contributed by atoms with Gasteiger partial charge in [-0.25, -0.2) is 0 Å². The molecule has 2 aromatic carbocycles. The van der Waals surface area contributed by atoms with E-state index in [2.05, 4.69) is 15.5 Å². The van der Waals surface area contributed by atoms with E-state index in [4.69, 9.17) is 4.74 Å².